The highest BCUT2D eigenvalue weighted by molar-refractivity contribution is 14.0. The van der Waals surface area contributed by atoms with Crippen molar-refractivity contribution in [2.24, 2.45) is 4.99 Å². The van der Waals surface area contributed by atoms with Gasteiger partial charge in [0.15, 0.2) is 5.96 Å². The monoisotopic (exact) mass is 452 g/mol. The number of nitrogens with one attached hydrogen (secondary N) is 2. The third kappa shape index (κ3) is 8.36. The van der Waals surface area contributed by atoms with Crippen molar-refractivity contribution in [3.8, 4) is 0 Å². The van der Waals surface area contributed by atoms with Crippen LogP contribution < -0.4 is 10.6 Å². The van der Waals surface area contributed by atoms with Crippen LogP contribution in [0, 0.1) is 0 Å². The van der Waals surface area contributed by atoms with E-state index in [1.807, 2.05) is 7.05 Å². The molecule has 0 aliphatic heterocycles. The Kier molecular flexibility index (Phi) is 10.9. The number of rotatable bonds is 8. The zero-order valence-corrected chi connectivity index (χ0v) is 17.4. The lowest BCUT2D eigenvalue weighted by Gasteiger charge is -2.23. The summed E-state index contributed by atoms with van der Waals surface area (Å²) in [7, 11) is 3.67. The zero-order chi connectivity index (χ0) is 17.0. The lowest BCUT2D eigenvalue weighted by atomic mass is 10.1. The average Bonchev–Trinajstić information content (AvgIpc) is 2.63. The Balaban J connectivity index is 0.00000312. The van der Waals surface area contributed by atoms with Crippen LogP contribution in [0.4, 0.5) is 0 Å². The van der Waals surface area contributed by atoms with Gasteiger partial charge >= 0.3 is 0 Å². The molecule has 0 heterocycles. The lowest BCUT2D eigenvalue weighted by molar-refractivity contribution is 0.254. The summed E-state index contributed by atoms with van der Waals surface area (Å²) in [4.78, 5) is 6.63. The van der Waals surface area contributed by atoms with Crippen LogP contribution in [0.5, 0.6) is 0 Å². The Morgan fingerprint density at radius 1 is 0.920 bits per heavy atom. The molecule has 5 heteroatoms. The van der Waals surface area contributed by atoms with Crippen LogP contribution in [0.1, 0.15) is 17.5 Å². The number of halogens is 1. The number of guanidine groups is 1. The van der Waals surface area contributed by atoms with Crippen LogP contribution in [-0.2, 0) is 13.1 Å². The van der Waals surface area contributed by atoms with Crippen LogP contribution in [-0.4, -0.2) is 38.0 Å². The molecular weight excluding hydrogens is 423 g/mol. The molecule has 0 fully saturated rings. The van der Waals surface area contributed by atoms with Gasteiger partial charge in [0.1, 0.15) is 0 Å². The van der Waals surface area contributed by atoms with Crippen molar-refractivity contribution in [2.75, 3.05) is 27.2 Å². The van der Waals surface area contributed by atoms with Crippen LogP contribution in [0.3, 0.4) is 0 Å². The second kappa shape index (κ2) is 12.7. The molecule has 0 atom stereocenters. The number of nitrogens with zero attached hydrogens (tertiary/aromatic N) is 2. The van der Waals surface area contributed by atoms with Gasteiger partial charge in [-0.05, 0) is 17.5 Å². The minimum Gasteiger partial charge on any atom is -0.359 e. The van der Waals surface area contributed by atoms with E-state index in [0.29, 0.717) is 0 Å². The second-order valence-corrected chi connectivity index (χ2v) is 5.78. The number of aliphatic imine (C=N–C) groups is 1. The molecule has 0 amide bonds. The molecule has 0 aliphatic rings. The highest BCUT2D eigenvalue weighted by atomic mass is 127. The van der Waals surface area contributed by atoms with Crippen molar-refractivity contribution in [3.63, 3.8) is 0 Å². The van der Waals surface area contributed by atoms with E-state index in [4.69, 9.17) is 0 Å². The third-order valence-corrected chi connectivity index (χ3v) is 3.90. The first-order valence-electron chi connectivity index (χ1n) is 8.50. The Hall–Kier alpha value is -1.60. The largest absolute Gasteiger partial charge is 0.359 e. The van der Waals surface area contributed by atoms with Gasteiger partial charge in [-0.1, -0.05) is 60.7 Å². The molecule has 0 unspecified atom stereocenters. The first-order valence-corrected chi connectivity index (χ1v) is 8.50. The smallest absolute Gasteiger partial charge is 0.190 e. The van der Waals surface area contributed by atoms with Gasteiger partial charge in [-0.15, -0.1) is 24.0 Å². The first kappa shape index (κ1) is 21.4. The van der Waals surface area contributed by atoms with Gasteiger partial charge in [-0.2, -0.15) is 0 Å². The van der Waals surface area contributed by atoms with E-state index < -0.39 is 0 Å². The van der Waals surface area contributed by atoms with E-state index in [1.165, 1.54) is 11.1 Å². The maximum atomic E-state index is 4.14. The molecule has 2 rings (SSSR count). The van der Waals surface area contributed by atoms with E-state index in [9.17, 15) is 0 Å². The molecule has 25 heavy (non-hydrogen) atoms. The van der Waals surface area contributed by atoms with Gasteiger partial charge < -0.3 is 10.6 Å². The number of hydrogen-bond donors (Lipinski definition) is 2. The van der Waals surface area contributed by atoms with Crippen LogP contribution in [0.15, 0.2) is 65.7 Å². The molecule has 0 saturated carbocycles. The molecule has 0 radical (unpaired) electrons. The van der Waals surface area contributed by atoms with Crippen LogP contribution in [0.2, 0.25) is 0 Å². The van der Waals surface area contributed by atoms with Gasteiger partial charge in [0.25, 0.3) is 0 Å². The fraction of sp³-hybridized carbons (Fsp3) is 0.350. The van der Waals surface area contributed by atoms with Gasteiger partial charge in [0.05, 0.1) is 0 Å². The minimum atomic E-state index is 0. The van der Waals surface area contributed by atoms with E-state index in [-0.39, 0.29) is 24.0 Å². The van der Waals surface area contributed by atoms with Gasteiger partial charge in [0.2, 0.25) is 0 Å². The summed E-state index contributed by atoms with van der Waals surface area (Å²) in [5, 5.41) is 6.36. The Morgan fingerprint density at radius 2 is 1.44 bits per heavy atom. The minimum absolute atomic E-state index is 0. The highest BCUT2D eigenvalue weighted by Crippen LogP contribution is 2.10. The van der Waals surface area contributed by atoms with E-state index >= 15 is 0 Å². The van der Waals surface area contributed by atoms with Crippen LogP contribution in [0.25, 0.3) is 0 Å². The molecule has 0 spiro atoms. The summed E-state index contributed by atoms with van der Waals surface area (Å²) < 4.78 is 0. The Morgan fingerprint density at radius 3 is 1.88 bits per heavy atom. The van der Waals surface area contributed by atoms with Crippen molar-refractivity contribution >= 4 is 29.9 Å². The second-order valence-electron chi connectivity index (χ2n) is 5.78. The quantitative estimate of drug-likeness (QED) is 0.279. The summed E-state index contributed by atoms with van der Waals surface area (Å²) in [6.45, 7) is 3.89. The maximum Gasteiger partial charge on any atom is 0.190 e. The topological polar surface area (TPSA) is 39.7 Å². The molecular formula is C20H29IN4. The number of hydrogen-bond acceptors (Lipinski definition) is 2. The van der Waals surface area contributed by atoms with Crippen molar-refractivity contribution in [1.29, 1.82) is 0 Å². The van der Waals surface area contributed by atoms with Crippen molar-refractivity contribution < 1.29 is 0 Å². The molecule has 2 aromatic carbocycles. The van der Waals surface area contributed by atoms with E-state index in [0.717, 1.165) is 38.6 Å². The van der Waals surface area contributed by atoms with Gasteiger partial charge in [0, 0.05) is 40.3 Å². The molecule has 0 bridgehead atoms. The first-order chi connectivity index (χ1) is 11.8. The fourth-order valence-electron chi connectivity index (χ4n) is 2.69. The SMILES string of the molecule is CN=C(NC)NCCCN(Cc1ccccc1)Cc1ccccc1.I. The van der Waals surface area contributed by atoms with Crippen molar-refractivity contribution in [2.45, 2.75) is 19.5 Å². The summed E-state index contributed by atoms with van der Waals surface area (Å²) in [6, 6.07) is 21.3. The molecule has 2 aromatic rings. The molecule has 4 nitrogen and oxygen atoms in total. The highest BCUT2D eigenvalue weighted by Gasteiger charge is 2.07. The summed E-state index contributed by atoms with van der Waals surface area (Å²) in [5.41, 5.74) is 2.71. The van der Waals surface area contributed by atoms with Gasteiger partial charge in [-0.25, -0.2) is 0 Å². The van der Waals surface area contributed by atoms with Crippen molar-refractivity contribution in [3.05, 3.63) is 71.8 Å². The summed E-state index contributed by atoms with van der Waals surface area (Å²) in [5.74, 6) is 0.840. The Labute approximate surface area is 168 Å². The molecule has 0 aromatic heterocycles. The predicted octanol–water partition coefficient (Wildman–Crippen LogP) is 3.49. The number of benzene rings is 2. The molecule has 2 N–H and O–H groups in total. The molecule has 0 saturated heterocycles. The normalized spacial score (nSPS) is 11.1. The van der Waals surface area contributed by atoms with E-state index in [2.05, 4.69) is 81.2 Å². The molecule has 136 valence electrons. The van der Waals surface area contributed by atoms with E-state index in [1.54, 1.807) is 7.05 Å². The fourth-order valence-corrected chi connectivity index (χ4v) is 2.69. The van der Waals surface area contributed by atoms with Gasteiger partial charge in [-0.3, -0.25) is 9.89 Å². The lowest BCUT2D eigenvalue weighted by Crippen LogP contribution is -2.36. The Bertz CT molecular complexity index is 560. The summed E-state index contributed by atoms with van der Waals surface area (Å²) >= 11 is 0. The van der Waals surface area contributed by atoms with Crippen LogP contribution >= 0.6 is 24.0 Å². The van der Waals surface area contributed by atoms with Crippen molar-refractivity contribution in [1.82, 2.24) is 15.5 Å². The maximum absolute atomic E-state index is 4.14. The standard InChI is InChI=1S/C20H28N4.HI/c1-21-20(22-2)23-14-9-15-24(16-18-10-5-3-6-11-18)17-19-12-7-4-8-13-19;/h3-8,10-13H,9,14-17H2,1-2H3,(H2,21,22,23);1H. The molecule has 0 aliphatic carbocycles. The predicted molar refractivity (Wildman–Crippen MR) is 117 cm³/mol. The zero-order valence-electron chi connectivity index (χ0n) is 15.1. The average molecular weight is 452 g/mol. The summed E-state index contributed by atoms with van der Waals surface area (Å²) in [6.07, 6.45) is 1.07. The third-order valence-electron chi connectivity index (χ3n) is 3.90.